The molecule has 0 spiro atoms. The van der Waals surface area contributed by atoms with Gasteiger partial charge in [-0.15, -0.1) is 0 Å². The van der Waals surface area contributed by atoms with E-state index in [1.54, 1.807) is 38.1 Å². The molecule has 1 aliphatic heterocycles. The second-order valence-corrected chi connectivity index (χ2v) is 6.70. The van der Waals surface area contributed by atoms with Crippen molar-refractivity contribution >= 4 is 28.1 Å². The van der Waals surface area contributed by atoms with Gasteiger partial charge in [-0.25, -0.2) is 0 Å². The van der Waals surface area contributed by atoms with Crippen LogP contribution in [0.3, 0.4) is 0 Å². The molecule has 3 aromatic rings. The van der Waals surface area contributed by atoms with Gasteiger partial charge >= 0.3 is 0 Å². The minimum atomic E-state index is -1.20. The first-order chi connectivity index (χ1) is 11.3. The molecule has 0 bridgehead atoms. The number of ether oxygens (including phenoxy) is 1. The van der Waals surface area contributed by atoms with Crippen molar-refractivity contribution in [2.24, 2.45) is 0 Å². The van der Waals surface area contributed by atoms with Crippen LogP contribution in [0.1, 0.15) is 35.9 Å². The molecule has 6 heteroatoms. The summed E-state index contributed by atoms with van der Waals surface area (Å²) in [4.78, 5) is 14.7. The van der Waals surface area contributed by atoms with Gasteiger partial charge in [0.2, 0.25) is 0 Å². The fourth-order valence-electron chi connectivity index (χ4n) is 3.40. The quantitative estimate of drug-likeness (QED) is 0.514. The molecular weight excluding hydrogens is 310 g/mol. The van der Waals surface area contributed by atoms with Crippen molar-refractivity contribution in [2.75, 3.05) is 0 Å². The lowest BCUT2D eigenvalue weighted by molar-refractivity contribution is -0.111. The molecule has 1 aromatic heterocycles. The number of aromatic amines is 1. The lowest BCUT2D eigenvalue weighted by Gasteiger charge is -2.40. The number of nitrogens with one attached hydrogen (secondary N) is 1. The van der Waals surface area contributed by atoms with Crippen molar-refractivity contribution in [1.82, 2.24) is 4.98 Å². The molecule has 0 radical (unpaired) electrons. The Kier molecular flexibility index (Phi) is 2.95. The Morgan fingerprint density at radius 3 is 2.67 bits per heavy atom. The highest BCUT2D eigenvalue weighted by Gasteiger charge is 2.44. The zero-order chi connectivity index (χ0) is 17.2. The number of rotatable bonds is 1. The molecule has 4 rings (SSSR count). The third-order valence-electron chi connectivity index (χ3n) is 4.70. The summed E-state index contributed by atoms with van der Waals surface area (Å²) in [6.45, 7) is 3.32. The molecule has 0 fully saturated rings. The SMILES string of the molecule is CC1(C)Oc2c(C=O)cc3c([nH]c4cc(O)ccc43)c2[C@@H](O)[C@@H]1O. The van der Waals surface area contributed by atoms with Crippen LogP contribution in [0.5, 0.6) is 11.5 Å². The van der Waals surface area contributed by atoms with Crippen LogP contribution >= 0.6 is 0 Å². The number of aliphatic hydroxyl groups is 2. The summed E-state index contributed by atoms with van der Waals surface area (Å²) in [7, 11) is 0. The topological polar surface area (TPSA) is 103 Å². The largest absolute Gasteiger partial charge is 0.508 e. The second-order valence-electron chi connectivity index (χ2n) is 6.70. The number of hydrogen-bond acceptors (Lipinski definition) is 5. The second kappa shape index (κ2) is 4.72. The molecule has 24 heavy (non-hydrogen) atoms. The number of benzene rings is 2. The molecule has 0 saturated carbocycles. The third kappa shape index (κ3) is 1.87. The Bertz CT molecular complexity index is 988. The number of carbonyl (C=O) groups is 1. The lowest BCUT2D eigenvalue weighted by atomic mass is 9.86. The van der Waals surface area contributed by atoms with E-state index >= 15 is 0 Å². The van der Waals surface area contributed by atoms with Crippen LogP contribution in [-0.4, -0.2) is 38.3 Å². The molecule has 124 valence electrons. The zero-order valence-electron chi connectivity index (χ0n) is 13.2. The molecule has 0 aliphatic carbocycles. The van der Waals surface area contributed by atoms with E-state index in [1.165, 1.54) is 0 Å². The van der Waals surface area contributed by atoms with Gasteiger partial charge in [0.25, 0.3) is 0 Å². The summed E-state index contributed by atoms with van der Waals surface area (Å²) in [5, 5.41) is 32.2. The molecule has 0 amide bonds. The zero-order valence-corrected chi connectivity index (χ0v) is 13.2. The van der Waals surface area contributed by atoms with Crippen molar-refractivity contribution < 1.29 is 24.9 Å². The monoisotopic (exact) mass is 327 g/mol. The Hall–Kier alpha value is -2.57. The van der Waals surface area contributed by atoms with Gasteiger partial charge in [-0.1, -0.05) is 0 Å². The Morgan fingerprint density at radius 1 is 1.21 bits per heavy atom. The normalized spacial score (nSPS) is 22.3. The number of phenolic OH excluding ortho intramolecular Hbond substituents is 1. The van der Waals surface area contributed by atoms with Gasteiger partial charge in [-0.05, 0) is 32.0 Å². The molecule has 2 aromatic carbocycles. The fraction of sp³-hybridized carbons (Fsp3) is 0.278. The maximum absolute atomic E-state index is 11.6. The predicted molar refractivity (Wildman–Crippen MR) is 88.5 cm³/mol. The van der Waals surface area contributed by atoms with Gasteiger partial charge < -0.3 is 25.0 Å². The van der Waals surface area contributed by atoms with Crippen LogP contribution in [0.2, 0.25) is 0 Å². The van der Waals surface area contributed by atoms with Crippen molar-refractivity contribution in [2.45, 2.75) is 31.7 Å². The van der Waals surface area contributed by atoms with Crippen molar-refractivity contribution in [1.29, 1.82) is 0 Å². The van der Waals surface area contributed by atoms with Gasteiger partial charge in [0, 0.05) is 16.8 Å². The lowest BCUT2D eigenvalue weighted by Crippen LogP contribution is -2.49. The van der Waals surface area contributed by atoms with Crippen LogP contribution < -0.4 is 4.74 Å². The number of aldehydes is 1. The molecule has 6 nitrogen and oxygen atoms in total. The van der Waals surface area contributed by atoms with Gasteiger partial charge in [0.05, 0.1) is 22.2 Å². The number of aromatic hydroxyl groups is 1. The van der Waals surface area contributed by atoms with Crippen molar-refractivity contribution in [3.05, 3.63) is 35.4 Å². The molecule has 0 unspecified atom stereocenters. The van der Waals surface area contributed by atoms with Gasteiger partial charge in [0.1, 0.15) is 29.3 Å². The third-order valence-corrected chi connectivity index (χ3v) is 4.70. The summed E-state index contributed by atoms with van der Waals surface area (Å²) in [6.07, 6.45) is -1.67. The van der Waals surface area contributed by atoms with Gasteiger partial charge in [-0.3, -0.25) is 4.79 Å². The minimum absolute atomic E-state index is 0.108. The highest BCUT2D eigenvalue weighted by molar-refractivity contribution is 6.11. The summed E-state index contributed by atoms with van der Waals surface area (Å²) in [5.41, 5.74) is 0.893. The van der Waals surface area contributed by atoms with E-state index in [-0.39, 0.29) is 11.5 Å². The number of carbonyl (C=O) groups excluding carboxylic acids is 1. The number of phenols is 1. The molecule has 1 aliphatic rings. The van der Waals surface area contributed by atoms with E-state index in [1.807, 2.05) is 0 Å². The van der Waals surface area contributed by atoms with Crippen LogP contribution in [0, 0.1) is 0 Å². The number of H-pyrrole nitrogens is 1. The molecule has 4 N–H and O–H groups in total. The highest BCUT2D eigenvalue weighted by Crippen LogP contribution is 2.46. The van der Waals surface area contributed by atoms with Crippen LogP contribution in [-0.2, 0) is 0 Å². The fourth-order valence-corrected chi connectivity index (χ4v) is 3.40. The molecular formula is C18H17NO5. The highest BCUT2D eigenvalue weighted by atomic mass is 16.5. The Labute approximate surface area is 137 Å². The van der Waals surface area contributed by atoms with Crippen LogP contribution in [0.4, 0.5) is 0 Å². The number of aromatic nitrogens is 1. The first-order valence-corrected chi connectivity index (χ1v) is 7.65. The molecule has 2 atom stereocenters. The van der Waals surface area contributed by atoms with Crippen LogP contribution in [0.15, 0.2) is 24.3 Å². The molecule has 2 heterocycles. The first kappa shape index (κ1) is 15.0. The summed E-state index contributed by atoms with van der Waals surface area (Å²) in [6, 6.07) is 6.55. The number of fused-ring (bicyclic) bond motifs is 5. The average Bonchev–Trinajstić information content (AvgIpc) is 2.88. The van der Waals surface area contributed by atoms with E-state index in [0.29, 0.717) is 28.4 Å². The molecule has 0 saturated heterocycles. The van der Waals surface area contributed by atoms with Crippen molar-refractivity contribution in [3.63, 3.8) is 0 Å². The Morgan fingerprint density at radius 2 is 1.96 bits per heavy atom. The predicted octanol–water partition coefficient (Wildman–Crippen LogP) is 2.40. The van der Waals surface area contributed by atoms with E-state index < -0.39 is 17.8 Å². The van der Waals surface area contributed by atoms with E-state index in [0.717, 1.165) is 10.8 Å². The smallest absolute Gasteiger partial charge is 0.153 e. The number of hydrogen-bond donors (Lipinski definition) is 4. The van der Waals surface area contributed by atoms with E-state index in [9.17, 15) is 20.1 Å². The maximum atomic E-state index is 11.6. The Balaban J connectivity index is 2.14. The van der Waals surface area contributed by atoms with E-state index in [4.69, 9.17) is 4.74 Å². The average molecular weight is 327 g/mol. The van der Waals surface area contributed by atoms with Gasteiger partial charge in [0.15, 0.2) is 6.29 Å². The summed E-state index contributed by atoms with van der Waals surface area (Å²) in [5.74, 6) is 0.382. The number of aliphatic hydroxyl groups excluding tert-OH is 2. The standard InChI is InChI=1S/C18H17NO5/c1-18(2)17(23)15(22)13-14-11(5-8(7-20)16(13)24-18)10-4-3-9(21)6-12(10)19-14/h3-7,15,17,19,21-23H,1-2H3/t15-,17+/m1/s1. The summed E-state index contributed by atoms with van der Waals surface area (Å²) >= 11 is 0. The van der Waals surface area contributed by atoms with E-state index in [2.05, 4.69) is 4.98 Å². The summed E-state index contributed by atoms with van der Waals surface area (Å²) < 4.78 is 5.84. The minimum Gasteiger partial charge on any atom is -0.508 e. The van der Waals surface area contributed by atoms with Crippen LogP contribution in [0.25, 0.3) is 21.8 Å². The van der Waals surface area contributed by atoms with Crippen molar-refractivity contribution in [3.8, 4) is 11.5 Å². The maximum Gasteiger partial charge on any atom is 0.153 e. The first-order valence-electron chi connectivity index (χ1n) is 7.65. The van der Waals surface area contributed by atoms with Gasteiger partial charge in [-0.2, -0.15) is 0 Å².